The fourth-order valence-electron chi connectivity index (χ4n) is 1.25. The summed E-state index contributed by atoms with van der Waals surface area (Å²) in [5, 5.41) is 8.57. The van der Waals surface area contributed by atoms with E-state index in [1.807, 2.05) is 0 Å². The van der Waals surface area contributed by atoms with E-state index in [9.17, 15) is 17.6 Å². The maximum atomic E-state index is 13.5. The van der Waals surface area contributed by atoms with Crippen LogP contribution in [0.3, 0.4) is 0 Å². The molecule has 1 rings (SSSR count). The van der Waals surface area contributed by atoms with E-state index in [-0.39, 0.29) is 16.9 Å². The summed E-state index contributed by atoms with van der Waals surface area (Å²) in [4.78, 5) is 10.3. The minimum Gasteiger partial charge on any atom is -0.480 e. The molecule has 7 heteroatoms. The molecule has 0 spiro atoms. The van der Waals surface area contributed by atoms with Crippen molar-refractivity contribution >= 4 is 15.8 Å². The van der Waals surface area contributed by atoms with Gasteiger partial charge in [-0.1, -0.05) is 6.07 Å². The van der Waals surface area contributed by atoms with Crippen molar-refractivity contribution in [3.05, 3.63) is 29.6 Å². The van der Waals surface area contributed by atoms with Crippen molar-refractivity contribution in [1.29, 1.82) is 0 Å². The maximum absolute atomic E-state index is 13.5. The quantitative estimate of drug-likeness (QED) is 0.806. The summed E-state index contributed by atoms with van der Waals surface area (Å²) in [6.45, 7) is 0. The van der Waals surface area contributed by atoms with E-state index in [0.29, 0.717) is 0 Å². The van der Waals surface area contributed by atoms with E-state index in [1.54, 1.807) is 0 Å². The minimum atomic E-state index is -3.47. The number of aliphatic carboxylic acids is 1. The number of sulfone groups is 1. The average molecular weight is 261 g/mol. The Morgan fingerprint density at radius 1 is 1.53 bits per heavy atom. The number of nitrogens with two attached hydrogens (primary N) is 1. The lowest BCUT2D eigenvalue weighted by atomic mass is 10.1. The fourth-order valence-corrected chi connectivity index (χ4v) is 1.88. The van der Waals surface area contributed by atoms with Crippen LogP contribution in [0.4, 0.5) is 4.39 Å². The van der Waals surface area contributed by atoms with Gasteiger partial charge in [-0.2, -0.15) is 0 Å². The second kappa shape index (κ2) is 4.80. The molecule has 17 heavy (non-hydrogen) atoms. The molecule has 1 unspecified atom stereocenters. The smallest absolute Gasteiger partial charge is 0.320 e. The molecule has 94 valence electrons. The zero-order chi connectivity index (χ0) is 13.2. The van der Waals surface area contributed by atoms with Crippen LogP contribution in [0.15, 0.2) is 23.1 Å². The Hall–Kier alpha value is -1.47. The van der Waals surface area contributed by atoms with Crippen molar-refractivity contribution in [2.75, 3.05) is 6.26 Å². The number of carbonyl (C=O) groups is 1. The van der Waals surface area contributed by atoms with Crippen LogP contribution >= 0.6 is 0 Å². The topological polar surface area (TPSA) is 97.5 Å². The van der Waals surface area contributed by atoms with E-state index in [1.165, 1.54) is 12.1 Å². The first-order chi connectivity index (χ1) is 7.71. The highest BCUT2D eigenvalue weighted by atomic mass is 32.2. The van der Waals surface area contributed by atoms with Gasteiger partial charge in [0, 0.05) is 12.7 Å². The Bertz CT molecular complexity index is 541. The van der Waals surface area contributed by atoms with Crippen molar-refractivity contribution in [2.24, 2.45) is 5.73 Å². The van der Waals surface area contributed by atoms with Gasteiger partial charge in [0.15, 0.2) is 9.84 Å². The molecule has 1 aromatic carbocycles. The van der Waals surface area contributed by atoms with E-state index in [2.05, 4.69) is 0 Å². The van der Waals surface area contributed by atoms with Crippen LogP contribution in [0.2, 0.25) is 0 Å². The number of hydrogen-bond acceptors (Lipinski definition) is 4. The second-order valence-corrected chi connectivity index (χ2v) is 5.69. The molecule has 0 radical (unpaired) electrons. The van der Waals surface area contributed by atoms with Gasteiger partial charge in [-0.25, -0.2) is 12.8 Å². The van der Waals surface area contributed by atoms with Crippen LogP contribution in [0.5, 0.6) is 0 Å². The summed E-state index contributed by atoms with van der Waals surface area (Å²) in [7, 11) is -3.47. The first-order valence-corrected chi connectivity index (χ1v) is 6.58. The second-order valence-electron chi connectivity index (χ2n) is 3.67. The highest BCUT2D eigenvalue weighted by Gasteiger charge is 2.16. The molecule has 0 aliphatic heterocycles. The Morgan fingerprint density at radius 3 is 2.53 bits per heavy atom. The van der Waals surface area contributed by atoms with Crippen LogP contribution in [0, 0.1) is 5.82 Å². The van der Waals surface area contributed by atoms with E-state index in [4.69, 9.17) is 10.8 Å². The lowest BCUT2D eigenvalue weighted by Crippen LogP contribution is -2.32. The molecule has 3 N–H and O–H groups in total. The zero-order valence-electron chi connectivity index (χ0n) is 9.05. The van der Waals surface area contributed by atoms with Gasteiger partial charge in [-0.15, -0.1) is 0 Å². The number of benzene rings is 1. The maximum Gasteiger partial charge on any atom is 0.320 e. The lowest BCUT2D eigenvalue weighted by molar-refractivity contribution is -0.138. The molecule has 0 bridgehead atoms. The molecule has 1 atom stereocenters. The molecule has 0 amide bonds. The molecular formula is C10H12FNO4S. The van der Waals surface area contributed by atoms with Gasteiger partial charge >= 0.3 is 5.97 Å². The molecule has 0 saturated carbocycles. The largest absolute Gasteiger partial charge is 0.480 e. The summed E-state index contributed by atoms with van der Waals surface area (Å²) in [6.07, 6.45) is 0.773. The summed E-state index contributed by atoms with van der Waals surface area (Å²) >= 11 is 0. The van der Waals surface area contributed by atoms with Crippen LogP contribution in [-0.2, 0) is 21.1 Å². The third-order valence-corrected chi connectivity index (χ3v) is 3.32. The Kier molecular flexibility index (Phi) is 3.84. The van der Waals surface area contributed by atoms with Gasteiger partial charge in [-0.05, 0) is 17.7 Å². The van der Waals surface area contributed by atoms with E-state index >= 15 is 0 Å². The molecule has 0 heterocycles. The number of hydrogen-bond donors (Lipinski definition) is 2. The Morgan fingerprint density at radius 2 is 2.12 bits per heavy atom. The van der Waals surface area contributed by atoms with Crippen LogP contribution < -0.4 is 5.73 Å². The number of rotatable bonds is 4. The van der Waals surface area contributed by atoms with Gasteiger partial charge in [0.2, 0.25) is 0 Å². The van der Waals surface area contributed by atoms with Crippen molar-refractivity contribution in [3.8, 4) is 0 Å². The van der Waals surface area contributed by atoms with Crippen molar-refractivity contribution < 1.29 is 22.7 Å². The molecule has 5 nitrogen and oxygen atoms in total. The van der Waals surface area contributed by atoms with Gasteiger partial charge in [0.25, 0.3) is 0 Å². The predicted molar refractivity (Wildman–Crippen MR) is 58.8 cm³/mol. The average Bonchev–Trinajstić information content (AvgIpc) is 2.19. The molecule has 0 aromatic heterocycles. The van der Waals surface area contributed by atoms with Crippen molar-refractivity contribution in [2.45, 2.75) is 17.4 Å². The number of halogens is 1. The van der Waals surface area contributed by atoms with Crippen molar-refractivity contribution in [3.63, 3.8) is 0 Å². The summed E-state index contributed by atoms with van der Waals surface area (Å²) in [5.74, 6) is -2.01. The predicted octanol–water partition coefficient (Wildman–Crippen LogP) is 0.184. The van der Waals surface area contributed by atoms with Gasteiger partial charge in [-0.3, -0.25) is 4.79 Å². The standard InChI is InChI=1S/C10H12FNO4S/c1-17(15,16)7-3-2-6(8(11)5-7)4-9(12)10(13)14/h2-3,5,9H,4,12H2,1H3,(H,13,14). The fraction of sp³-hybridized carbons (Fsp3) is 0.300. The van der Waals surface area contributed by atoms with Crippen LogP contribution in [0.25, 0.3) is 0 Å². The zero-order valence-corrected chi connectivity index (χ0v) is 9.87. The van der Waals surface area contributed by atoms with Gasteiger partial charge < -0.3 is 10.8 Å². The van der Waals surface area contributed by atoms with Gasteiger partial charge in [0.1, 0.15) is 11.9 Å². The molecule has 0 saturated heterocycles. The van der Waals surface area contributed by atoms with E-state index in [0.717, 1.165) is 12.3 Å². The summed E-state index contributed by atoms with van der Waals surface area (Å²) in [6, 6.07) is 2.10. The molecule has 0 aliphatic rings. The number of carboxylic acids is 1. The molecule has 0 fully saturated rings. The minimum absolute atomic E-state index is 0.0762. The lowest BCUT2D eigenvalue weighted by Gasteiger charge is -2.08. The van der Waals surface area contributed by atoms with Gasteiger partial charge in [0.05, 0.1) is 4.90 Å². The highest BCUT2D eigenvalue weighted by molar-refractivity contribution is 7.90. The van der Waals surface area contributed by atoms with Crippen LogP contribution in [-0.4, -0.2) is 31.8 Å². The third kappa shape index (κ3) is 3.50. The monoisotopic (exact) mass is 261 g/mol. The first kappa shape index (κ1) is 13.6. The first-order valence-electron chi connectivity index (χ1n) is 4.68. The summed E-state index contributed by atoms with van der Waals surface area (Å²) in [5.41, 5.74) is 5.33. The summed E-state index contributed by atoms with van der Waals surface area (Å²) < 4.78 is 35.8. The molecule has 1 aromatic rings. The highest BCUT2D eigenvalue weighted by Crippen LogP contribution is 2.16. The molecule has 0 aliphatic carbocycles. The third-order valence-electron chi connectivity index (χ3n) is 2.21. The molecular weight excluding hydrogens is 249 g/mol. The van der Waals surface area contributed by atoms with E-state index < -0.39 is 27.7 Å². The SMILES string of the molecule is CS(=O)(=O)c1ccc(CC(N)C(=O)O)c(F)c1. The normalized spacial score (nSPS) is 13.4. The number of carboxylic acid groups (broad SMARTS) is 1. The Balaban J connectivity index is 3.03. The van der Waals surface area contributed by atoms with Crippen molar-refractivity contribution in [1.82, 2.24) is 0 Å². The van der Waals surface area contributed by atoms with Crippen LogP contribution in [0.1, 0.15) is 5.56 Å². The Labute approximate surface area is 98.0 Å².